The minimum atomic E-state index is 0.900. The molecular formula is C13H21N3S. The fourth-order valence-corrected chi connectivity index (χ4v) is 3.46. The third-order valence-electron chi connectivity index (χ3n) is 3.31. The van der Waals surface area contributed by atoms with Crippen molar-refractivity contribution in [3.8, 4) is 0 Å². The normalized spacial score (nSPS) is 16.4. The van der Waals surface area contributed by atoms with Crippen LogP contribution >= 0.6 is 11.8 Å². The van der Waals surface area contributed by atoms with Crippen molar-refractivity contribution < 1.29 is 0 Å². The lowest BCUT2D eigenvalue weighted by Crippen LogP contribution is -2.04. The molecule has 0 aliphatic heterocycles. The van der Waals surface area contributed by atoms with E-state index < -0.39 is 0 Å². The number of nitrogens with one attached hydrogen (secondary N) is 1. The van der Waals surface area contributed by atoms with Crippen LogP contribution in [0.25, 0.3) is 0 Å². The predicted octanol–water partition coefficient (Wildman–Crippen LogP) is 3.50. The molecule has 2 rings (SSSR count). The Morgan fingerprint density at radius 1 is 1.35 bits per heavy atom. The molecule has 0 radical (unpaired) electrons. The van der Waals surface area contributed by atoms with E-state index in [9.17, 15) is 0 Å². The van der Waals surface area contributed by atoms with Gasteiger partial charge in [0, 0.05) is 17.9 Å². The van der Waals surface area contributed by atoms with E-state index in [1.165, 1.54) is 37.0 Å². The van der Waals surface area contributed by atoms with E-state index in [1.54, 1.807) is 6.33 Å². The first kappa shape index (κ1) is 12.7. The van der Waals surface area contributed by atoms with Gasteiger partial charge in [-0.2, -0.15) is 0 Å². The first-order valence-electron chi connectivity index (χ1n) is 6.49. The molecule has 1 aliphatic rings. The third kappa shape index (κ3) is 3.35. The molecule has 3 nitrogen and oxygen atoms in total. The van der Waals surface area contributed by atoms with Gasteiger partial charge in [-0.1, -0.05) is 12.8 Å². The van der Waals surface area contributed by atoms with E-state index in [0.29, 0.717) is 0 Å². The fourth-order valence-electron chi connectivity index (χ4n) is 2.30. The Bertz CT molecular complexity index is 362. The van der Waals surface area contributed by atoms with Crippen LogP contribution in [0.3, 0.4) is 0 Å². The molecule has 1 aromatic rings. The summed E-state index contributed by atoms with van der Waals surface area (Å²) in [5, 5.41) is 4.42. The van der Waals surface area contributed by atoms with Crippen molar-refractivity contribution >= 4 is 17.6 Å². The van der Waals surface area contributed by atoms with E-state index in [4.69, 9.17) is 0 Å². The van der Waals surface area contributed by atoms with E-state index in [1.807, 2.05) is 11.8 Å². The lowest BCUT2D eigenvalue weighted by atomic mass is 10.1. The maximum atomic E-state index is 4.39. The summed E-state index contributed by atoms with van der Waals surface area (Å²) in [6.45, 7) is 5.10. The maximum absolute atomic E-state index is 4.39. The Kier molecular flexibility index (Phi) is 4.66. The molecule has 1 saturated carbocycles. The van der Waals surface area contributed by atoms with Crippen LogP contribution in [0.5, 0.6) is 0 Å². The van der Waals surface area contributed by atoms with Crippen LogP contribution in [0.2, 0.25) is 0 Å². The molecule has 4 heteroatoms. The van der Waals surface area contributed by atoms with Gasteiger partial charge in [0.05, 0.1) is 0 Å². The van der Waals surface area contributed by atoms with Crippen LogP contribution in [0.15, 0.2) is 11.4 Å². The van der Waals surface area contributed by atoms with Gasteiger partial charge >= 0.3 is 0 Å². The Morgan fingerprint density at radius 2 is 2.12 bits per heavy atom. The first-order valence-corrected chi connectivity index (χ1v) is 7.48. The lowest BCUT2D eigenvalue weighted by molar-refractivity contribution is 0.622. The number of hydrogen-bond acceptors (Lipinski definition) is 4. The summed E-state index contributed by atoms with van der Waals surface area (Å²) in [5.41, 5.74) is 1.19. The van der Waals surface area contributed by atoms with Crippen molar-refractivity contribution in [1.29, 1.82) is 0 Å². The van der Waals surface area contributed by atoms with Gasteiger partial charge in [-0.15, -0.1) is 11.8 Å². The van der Waals surface area contributed by atoms with E-state index in [2.05, 4.69) is 29.1 Å². The van der Waals surface area contributed by atoms with Crippen molar-refractivity contribution in [1.82, 2.24) is 9.97 Å². The molecule has 0 spiro atoms. The Morgan fingerprint density at radius 3 is 2.82 bits per heavy atom. The van der Waals surface area contributed by atoms with Gasteiger partial charge in [-0.25, -0.2) is 9.97 Å². The van der Waals surface area contributed by atoms with Crippen LogP contribution in [-0.4, -0.2) is 22.3 Å². The van der Waals surface area contributed by atoms with Crippen molar-refractivity contribution in [3.05, 3.63) is 11.9 Å². The standard InChI is InChI=1S/C13H21N3S/c1-3-14-12-10(2)13(16-9-15-12)17-8-11-6-4-5-7-11/h9,11H,3-8H2,1-2H3,(H,14,15,16). The number of hydrogen-bond donors (Lipinski definition) is 1. The zero-order valence-electron chi connectivity index (χ0n) is 10.7. The van der Waals surface area contributed by atoms with Gasteiger partial charge < -0.3 is 5.32 Å². The molecule has 0 atom stereocenters. The van der Waals surface area contributed by atoms with Crippen LogP contribution in [0.1, 0.15) is 38.2 Å². The quantitative estimate of drug-likeness (QED) is 0.642. The summed E-state index contributed by atoms with van der Waals surface area (Å²) in [4.78, 5) is 8.67. The van der Waals surface area contributed by atoms with Crippen LogP contribution in [0, 0.1) is 12.8 Å². The number of thioether (sulfide) groups is 1. The topological polar surface area (TPSA) is 37.8 Å². The number of aromatic nitrogens is 2. The highest BCUT2D eigenvalue weighted by atomic mass is 32.2. The second kappa shape index (κ2) is 6.24. The van der Waals surface area contributed by atoms with Crippen LogP contribution < -0.4 is 5.32 Å². The summed E-state index contributed by atoms with van der Waals surface area (Å²) in [6, 6.07) is 0. The third-order valence-corrected chi connectivity index (χ3v) is 4.64. The summed E-state index contributed by atoms with van der Waals surface area (Å²) in [7, 11) is 0. The maximum Gasteiger partial charge on any atom is 0.133 e. The second-order valence-electron chi connectivity index (χ2n) is 4.64. The summed E-state index contributed by atoms with van der Waals surface area (Å²) in [5.74, 6) is 3.09. The van der Waals surface area contributed by atoms with Gasteiger partial charge in [0.15, 0.2) is 0 Å². The van der Waals surface area contributed by atoms with Crippen LogP contribution in [-0.2, 0) is 0 Å². The van der Waals surface area contributed by atoms with Crippen molar-refractivity contribution in [3.63, 3.8) is 0 Å². The number of rotatable bonds is 5. The van der Waals surface area contributed by atoms with Gasteiger partial charge in [-0.05, 0) is 32.6 Å². The highest BCUT2D eigenvalue weighted by Gasteiger charge is 2.16. The Balaban J connectivity index is 1.97. The van der Waals surface area contributed by atoms with Crippen molar-refractivity contribution in [2.75, 3.05) is 17.6 Å². The predicted molar refractivity (Wildman–Crippen MR) is 73.6 cm³/mol. The lowest BCUT2D eigenvalue weighted by Gasteiger charge is -2.11. The molecule has 0 aromatic carbocycles. The molecule has 94 valence electrons. The minimum Gasteiger partial charge on any atom is -0.370 e. The van der Waals surface area contributed by atoms with Gasteiger partial charge in [0.25, 0.3) is 0 Å². The molecule has 1 fully saturated rings. The molecule has 0 amide bonds. The largest absolute Gasteiger partial charge is 0.370 e. The molecular weight excluding hydrogens is 230 g/mol. The molecule has 0 unspecified atom stereocenters. The van der Waals surface area contributed by atoms with E-state index in [-0.39, 0.29) is 0 Å². The molecule has 0 bridgehead atoms. The van der Waals surface area contributed by atoms with Crippen LogP contribution in [0.4, 0.5) is 5.82 Å². The average Bonchev–Trinajstić information content (AvgIpc) is 2.83. The summed E-state index contributed by atoms with van der Waals surface area (Å²) < 4.78 is 0. The highest BCUT2D eigenvalue weighted by Crippen LogP contribution is 2.32. The van der Waals surface area contributed by atoms with Gasteiger partial charge in [-0.3, -0.25) is 0 Å². The fraction of sp³-hybridized carbons (Fsp3) is 0.692. The summed E-state index contributed by atoms with van der Waals surface area (Å²) in [6.07, 6.45) is 7.30. The molecule has 1 N–H and O–H groups in total. The van der Waals surface area contributed by atoms with Crippen molar-refractivity contribution in [2.45, 2.75) is 44.6 Å². The summed E-state index contributed by atoms with van der Waals surface area (Å²) >= 11 is 1.89. The Labute approximate surface area is 108 Å². The van der Waals surface area contributed by atoms with Gasteiger partial charge in [0.1, 0.15) is 17.2 Å². The zero-order valence-corrected chi connectivity index (χ0v) is 11.5. The molecule has 1 aromatic heterocycles. The molecule has 1 aliphatic carbocycles. The molecule has 0 saturated heterocycles. The molecule has 1 heterocycles. The second-order valence-corrected chi connectivity index (χ2v) is 5.65. The monoisotopic (exact) mass is 251 g/mol. The van der Waals surface area contributed by atoms with E-state index in [0.717, 1.165) is 23.3 Å². The molecule has 17 heavy (non-hydrogen) atoms. The van der Waals surface area contributed by atoms with Gasteiger partial charge in [0.2, 0.25) is 0 Å². The smallest absolute Gasteiger partial charge is 0.133 e. The van der Waals surface area contributed by atoms with Crippen molar-refractivity contribution in [2.24, 2.45) is 5.92 Å². The SMILES string of the molecule is CCNc1ncnc(SCC2CCCC2)c1C. The average molecular weight is 251 g/mol. The first-order chi connectivity index (χ1) is 8.31. The highest BCUT2D eigenvalue weighted by molar-refractivity contribution is 7.99. The minimum absolute atomic E-state index is 0.900. The van der Waals surface area contributed by atoms with E-state index >= 15 is 0 Å². The number of anilines is 1. The zero-order chi connectivity index (χ0) is 12.1. The number of nitrogens with zero attached hydrogens (tertiary/aromatic N) is 2. The Hall–Kier alpha value is -0.770.